The predicted molar refractivity (Wildman–Crippen MR) is 554 cm³/mol. The Bertz CT molecular complexity index is 3570. The number of carbonyl (C=O) groups excluding carboxylic acids is 1. The Morgan fingerprint density at radius 3 is 0.297 bits per heavy atom. The van der Waals surface area contributed by atoms with Crippen molar-refractivity contribution in [1.82, 2.24) is 0 Å². The van der Waals surface area contributed by atoms with Crippen molar-refractivity contribution in [2.75, 3.05) is 381 Å². The third-order valence-corrected chi connectivity index (χ3v) is 42.8. The van der Waals surface area contributed by atoms with E-state index >= 15 is 0 Å². The molecule has 14 heterocycles. The summed E-state index contributed by atoms with van der Waals surface area (Å²) >= 11 is 0. The number of hydrogen-bond acceptors (Lipinski definition) is 1. The molecule has 0 aromatic rings. The molecule has 870 valence electrons. The molecule has 14 fully saturated rings. The van der Waals surface area contributed by atoms with Gasteiger partial charge in [-0.1, -0.05) is 6.92 Å². The zero-order chi connectivity index (χ0) is 95.0. The van der Waals surface area contributed by atoms with Gasteiger partial charge in [-0.15, -0.1) is 0 Å². The summed E-state index contributed by atoms with van der Waals surface area (Å²) in [6.45, 7) is 43.7. The molecule has 145 heavy (non-hydrogen) atoms. The minimum atomic E-state index is 0. The van der Waals surface area contributed by atoms with E-state index in [0.717, 1.165) is 179 Å². The van der Waals surface area contributed by atoms with Crippen LogP contribution in [-0.4, -0.2) is 449 Å². The molecule has 14 saturated heterocycles. The highest BCUT2D eigenvalue weighted by Crippen LogP contribution is 2.51. The number of Topliss-reactive ketones (excluding diaryl/α,β-unsaturated/α-hetero) is 1. The summed E-state index contributed by atoms with van der Waals surface area (Å²) in [7, 11) is 72.2. The van der Waals surface area contributed by atoms with Crippen molar-refractivity contribution in [2.45, 2.75) is 200 Å². The topological polar surface area (TPSA) is 17.1 Å². The van der Waals surface area contributed by atoms with Crippen LogP contribution in [-0.2, 0) is 4.79 Å². The first kappa shape index (κ1) is 148. The molecular formula is C116H232Cl14N14O. The van der Waals surface area contributed by atoms with Crippen LogP contribution in [0.5, 0.6) is 0 Å². The summed E-state index contributed by atoms with van der Waals surface area (Å²) in [5.41, 5.74) is 0. The maximum absolute atomic E-state index is 11.9. The fourth-order valence-corrected chi connectivity index (χ4v) is 38.2. The summed E-state index contributed by atoms with van der Waals surface area (Å²) in [5.74, 6) is 25.5. The summed E-state index contributed by atoms with van der Waals surface area (Å²) in [6, 6.07) is 0. The lowest BCUT2D eigenvalue weighted by Crippen LogP contribution is -3.00. The van der Waals surface area contributed by atoms with Crippen molar-refractivity contribution in [3.8, 4) is 0 Å². The van der Waals surface area contributed by atoms with Crippen molar-refractivity contribution in [1.29, 1.82) is 0 Å². The third-order valence-electron chi connectivity index (χ3n) is 42.8. The lowest BCUT2D eigenvalue weighted by Gasteiger charge is -2.24. The number of quaternary nitrogens is 14. The smallest absolute Gasteiger partial charge is 0.129 e. The van der Waals surface area contributed by atoms with E-state index in [-0.39, 0.29) is 174 Å². The monoisotopic (exact) mass is 2330 g/mol. The highest BCUT2D eigenvalue weighted by Gasteiger charge is 2.55. The van der Waals surface area contributed by atoms with E-state index in [1.54, 1.807) is 6.92 Å². The van der Waals surface area contributed by atoms with Crippen molar-refractivity contribution in [2.24, 2.45) is 166 Å². The second-order valence-electron chi connectivity index (χ2n) is 62.8. The normalized spacial score (nSPS) is 37.9. The van der Waals surface area contributed by atoms with Crippen LogP contribution in [0.3, 0.4) is 0 Å². The number of nitrogens with zero attached hydrogens (tertiary/aromatic N) is 14. The van der Waals surface area contributed by atoms with Gasteiger partial charge in [-0.25, -0.2) is 0 Å². The SMILES string of the molecule is CC(=O)CCCC1C[N+](C)(C)CC1CCC1C[N+](C)(C)CC1CCC1C[N+](C)(C)CC1CCC1C[N+](C)(C)CC1CCC1C[N+](C)(C)CC1CCC1C[N+](C)(C)CC1CCC1C[N+](C)(C)CC1CCC1C[N+](C)(C)CC1CCC1C[N+](C)(C)CC1CCC1C[N+](C)(C)CC1CCC1C[N+](C)(C)CC1CCC1C[N+](C)(C)CC1CCC1C[N+](C)(C)CC1CCC1C[N+](C)(C)CC1C.[Cl-].[Cl-].[Cl-].[Cl-].[Cl-].[Cl-].[Cl-].[Cl-].[Cl-].[Cl-].[Cl-].[Cl-].[Cl-].[Cl-]. The molecule has 0 amide bonds. The summed E-state index contributed by atoms with van der Waals surface area (Å²) in [5, 5.41) is 0. The highest BCUT2D eigenvalue weighted by molar-refractivity contribution is 5.75. The molecule has 14 aliphatic heterocycles. The molecule has 15 nitrogen and oxygen atoms in total. The molecule has 29 heteroatoms. The van der Waals surface area contributed by atoms with E-state index in [1.165, 1.54) is 419 Å². The first-order valence-corrected chi connectivity index (χ1v) is 57.6. The van der Waals surface area contributed by atoms with Gasteiger partial charge in [0.1, 0.15) is 5.78 Å². The van der Waals surface area contributed by atoms with Crippen molar-refractivity contribution in [3.63, 3.8) is 0 Å². The van der Waals surface area contributed by atoms with Crippen molar-refractivity contribution < 1.29 is 241 Å². The summed E-state index contributed by atoms with van der Waals surface area (Å²) in [4.78, 5) is 11.9. The lowest BCUT2D eigenvalue weighted by molar-refractivity contribution is -0.881. The van der Waals surface area contributed by atoms with Crippen molar-refractivity contribution >= 4 is 5.78 Å². The Kier molecular flexibility index (Phi) is 60.1. The molecule has 0 saturated carbocycles. The van der Waals surface area contributed by atoms with Gasteiger partial charge >= 0.3 is 0 Å². The Morgan fingerprint density at radius 2 is 0.214 bits per heavy atom. The fraction of sp³-hybridized carbons (Fsp3) is 0.991. The number of hydrogen-bond donors (Lipinski definition) is 0. The highest BCUT2D eigenvalue weighted by atomic mass is 35.5. The number of likely N-dealkylation sites (tertiary alicyclic amines) is 14. The molecule has 14 rings (SSSR count). The number of halogens is 14. The van der Waals surface area contributed by atoms with Crippen LogP contribution < -0.4 is 174 Å². The molecule has 0 N–H and O–H groups in total. The molecule has 0 aliphatic carbocycles. The van der Waals surface area contributed by atoms with E-state index < -0.39 is 0 Å². The Hall–Kier alpha value is 3.17. The van der Waals surface area contributed by atoms with E-state index in [4.69, 9.17) is 0 Å². The first-order chi connectivity index (χ1) is 60.7. The maximum atomic E-state index is 11.9. The van der Waals surface area contributed by atoms with E-state index in [1.807, 2.05) is 0 Å². The van der Waals surface area contributed by atoms with Gasteiger partial charge in [-0.05, 0) is 187 Å². The average Bonchev–Trinajstić information content (AvgIpc) is 1.69. The number of ketones is 1. The molecular weight excluding hydrogens is 2100 g/mol. The molecule has 28 atom stereocenters. The number of rotatable bonds is 43. The zero-order valence-electron chi connectivity index (χ0n) is 98.9. The van der Waals surface area contributed by atoms with Crippen LogP contribution in [0.2, 0.25) is 0 Å². The molecule has 0 aromatic heterocycles. The van der Waals surface area contributed by atoms with Gasteiger partial charge in [-0.2, -0.15) is 0 Å². The van der Waals surface area contributed by atoms with Gasteiger partial charge in [0, 0.05) is 172 Å². The molecule has 0 aromatic carbocycles. The Balaban J connectivity index is 0.0000148. The zero-order valence-corrected chi connectivity index (χ0v) is 110. The van der Waals surface area contributed by atoms with E-state index in [9.17, 15) is 4.79 Å². The quantitative estimate of drug-likeness (QED) is 0.0556. The Morgan fingerprint density at radius 1 is 0.138 bits per heavy atom. The minimum Gasteiger partial charge on any atom is -1.00 e. The first-order valence-electron chi connectivity index (χ1n) is 57.6. The molecule has 28 unspecified atom stereocenters. The van der Waals surface area contributed by atoms with Gasteiger partial charge < -0.3 is 241 Å². The van der Waals surface area contributed by atoms with Gasteiger partial charge in [0.25, 0.3) is 0 Å². The third kappa shape index (κ3) is 42.5. The lowest BCUT2D eigenvalue weighted by atomic mass is 9.77. The van der Waals surface area contributed by atoms with Crippen LogP contribution in [0.25, 0.3) is 0 Å². The fourth-order valence-electron chi connectivity index (χ4n) is 38.2. The van der Waals surface area contributed by atoms with E-state index in [0.29, 0.717) is 5.78 Å². The van der Waals surface area contributed by atoms with Crippen molar-refractivity contribution in [3.05, 3.63) is 0 Å². The predicted octanol–water partition coefficient (Wildman–Crippen LogP) is -25.5. The van der Waals surface area contributed by atoms with Gasteiger partial charge in [-0.3, -0.25) is 0 Å². The molecule has 0 bridgehead atoms. The number of carbonyl (C=O) groups is 1. The van der Waals surface area contributed by atoms with Crippen LogP contribution in [0.15, 0.2) is 0 Å². The largest absolute Gasteiger partial charge is 1.00 e. The van der Waals surface area contributed by atoms with Crippen LogP contribution >= 0.6 is 0 Å². The standard InChI is InChI=1S/C116H232N14O.14ClH/c1-88-60-117(3,4)61-90(88)34-35-93-64-119(7,8)65-94(93)38-39-97-68-121(11,12)69-98(97)42-43-101-72-123(15,16)73-102(101)46-47-105-76-125(19,20)77-106(105)50-51-109-80-127(23,24)81-110(109)54-55-113-84-129(27,28)85-114(113)58-59-116-87-130(29,30)86-115(116)57-56-112-83-128(25,26)82-111(112)53-52-108-79-126(21,22)78-107(108)49-48-104-75-124(17,18)74-103(104)45-44-100-71-122(13,14)70-99(100)41-40-96-67-120(9,10)66-95(96)37-36-92-63-118(5,6)62-91(92)33-31-32-89(2)131;;;;;;;;;;;;;;/h88,90-116H,31-87H2,1-30H3;14*1H/q+14;;;;;;;;;;;;;;/p-14. The maximum Gasteiger partial charge on any atom is 0.129 e. The van der Waals surface area contributed by atoms with Crippen LogP contribution in [0, 0.1) is 166 Å². The van der Waals surface area contributed by atoms with Crippen LogP contribution in [0.4, 0.5) is 0 Å². The van der Waals surface area contributed by atoms with Gasteiger partial charge in [0.05, 0.1) is 381 Å². The van der Waals surface area contributed by atoms with Crippen LogP contribution in [0.1, 0.15) is 200 Å². The van der Waals surface area contributed by atoms with Gasteiger partial charge in [0.15, 0.2) is 0 Å². The van der Waals surface area contributed by atoms with Gasteiger partial charge in [0.2, 0.25) is 0 Å². The molecule has 0 spiro atoms. The Labute approximate surface area is 985 Å². The molecule has 0 radical (unpaired) electrons. The average molecular weight is 2340 g/mol. The summed E-state index contributed by atoms with van der Waals surface area (Å²) in [6.07, 6.45) is 41.7. The second kappa shape index (κ2) is 58.8. The second-order valence-corrected chi connectivity index (χ2v) is 62.8. The molecule has 14 aliphatic rings. The summed E-state index contributed by atoms with van der Waals surface area (Å²) < 4.78 is 17.4. The minimum absolute atomic E-state index is 0. The van der Waals surface area contributed by atoms with E-state index in [2.05, 4.69) is 204 Å².